The minimum absolute atomic E-state index is 0.0363. The van der Waals surface area contributed by atoms with E-state index in [1.54, 1.807) is 70.0 Å². The van der Waals surface area contributed by atoms with Crippen LogP contribution in [0, 0.1) is 0 Å². The summed E-state index contributed by atoms with van der Waals surface area (Å²) < 4.78 is 5.14. The smallest absolute Gasteiger partial charge is 0.255 e. The molecule has 0 radical (unpaired) electrons. The zero-order valence-electron chi connectivity index (χ0n) is 17.4. The predicted octanol–water partition coefficient (Wildman–Crippen LogP) is 2.19. The molecule has 8 heteroatoms. The molecule has 1 atom stereocenters. The number of thioether (sulfide) groups is 1. The first kappa shape index (κ1) is 21.2. The Labute approximate surface area is 185 Å². The highest BCUT2D eigenvalue weighted by Gasteiger charge is 2.38. The van der Waals surface area contributed by atoms with Crippen LogP contribution in [0.2, 0.25) is 0 Å². The molecule has 3 amide bonds. The lowest BCUT2D eigenvalue weighted by atomic mass is 10.1. The lowest BCUT2D eigenvalue weighted by molar-refractivity contribution is -0.136. The Kier molecular flexibility index (Phi) is 6.46. The van der Waals surface area contributed by atoms with Gasteiger partial charge in [-0.3, -0.25) is 14.4 Å². The number of carbonyl (C=O) groups is 3. The Bertz CT molecular complexity index is 943. The van der Waals surface area contributed by atoms with Crippen molar-refractivity contribution in [2.24, 2.45) is 0 Å². The molecule has 2 aliphatic heterocycles. The molecule has 2 aromatic carbocycles. The standard InChI is InChI=1S/C23H25N3O4S/c1-30-19-9-7-18(8-10-19)21(27)24-11-13-25(14-12-24)23(29)20-15-31-16-26(20)22(28)17-5-3-2-4-6-17/h2-10,20H,11-16H2,1H3/t20-/m0/s1. The number of carbonyl (C=O) groups excluding carboxylic acids is 3. The van der Waals surface area contributed by atoms with Gasteiger partial charge in [0.1, 0.15) is 11.8 Å². The van der Waals surface area contributed by atoms with Crippen LogP contribution < -0.4 is 4.74 Å². The minimum atomic E-state index is -0.457. The molecule has 2 fully saturated rings. The van der Waals surface area contributed by atoms with Crippen molar-refractivity contribution in [1.82, 2.24) is 14.7 Å². The highest BCUT2D eigenvalue weighted by molar-refractivity contribution is 7.99. The fourth-order valence-corrected chi connectivity index (χ4v) is 5.00. The van der Waals surface area contributed by atoms with Gasteiger partial charge in [-0.15, -0.1) is 11.8 Å². The topological polar surface area (TPSA) is 70.2 Å². The number of ether oxygens (including phenoxy) is 1. The molecule has 2 heterocycles. The summed E-state index contributed by atoms with van der Waals surface area (Å²) in [5, 5.41) is 0. The fourth-order valence-electron chi connectivity index (χ4n) is 3.85. The molecule has 2 aliphatic rings. The van der Waals surface area contributed by atoms with E-state index in [1.165, 1.54) is 0 Å². The van der Waals surface area contributed by atoms with Crippen molar-refractivity contribution in [1.29, 1.82) is 0 Å². The normalized spacial score (nSPS) is 18.7. The van der Waals surface area contributed by atoms with E-state index in [0.29, 0.717) is 54.7 Å². The molecule has 0 aromatic heterocycles. The largest absolute Gasteiger partial charge is 0.497 e. The number of benzene rings is 2. The Morgan fingerprint density at radius 2 is 1.45 bits per heavy atom. The molecule has 0 spiro atoms. The number of nitrogens with zero attached hydrogens (tertiary/aromatic N) is 3. The molecule has 7 nitrogen and oxygen atoms in total. The lowest BCUT2D eigenvalue weighted by Crippen LogP contribution is -2.56. The molecule has 0 N–H and O–H groups in total. The molecular weight excluding hydrogens is 414 g/mol. The van der Waals surface area contributed by atoms with Crippen LogP contribution in [-0.4, -0.2) is 83.4 Å². The van der Waals surface area contributed by atoms with Gasteiger partial charge in [0.15, 0.2) is 0 Å². The maximum atomic E-state index is 13.2. The number of amides is 3. The van der Waals surface area contributed by atoms with Gasteiger partial charge < -0.3 is 19.4 Å². The summed E-state index contributed by atoms with van der Waals surface area (Å²) in [6.07, 6.45) is 0. The number of methoxy groups -OCH3 is 1. The Morgan fingerprint density at radius 1 is 0.839 bits per heavy atom. The zero-order chi connectivity index (χ0) is 21.8. The molecule has 2 saturated heterocycles. The third kappa shape index (κ3) is 4.54. The quantitative estimate of drug-likeness (QED) is 0.731. The maximum absolute atomic E-state index is 13.2. The van der Waals surface area contributed by atoms with Gasteiger partial charge in [-0.05, 0) is 36.4 Å². The predicted molar refractivity (Wildman–Crippen MR) is 119 cm³/mol. The third-order valence-corrected chi connectivity index (χ3v) is 6.68. The average Bonchev–Trinajstić information content (AvgIpc) is 3.33. The van der Waals surface area contributed by atoms with Gasteiger partial charge in [0.2, 0.25) is 5.91 Å². The monoisotopic (exact) mass is 439 g/mol. The number of piperazine rings is 1. The number of rotatable bonds is 4. The summed E-state index contributed by atoms with van der Waals surface area (Å²) in [6.45, 7) is 1.89. The van der Waals surface area contributed by atoms with Crippen LogP contribution in [0.4, 0.5) is 0 Å². The van der Waals surface area contributed by atoms with Crippen LogP contribution >= 0.6 is 11.8 Å². The van der Waals surface area contributed by atoms with Crippen molar-refractivity contribution in [3.05, 3.63) is 65.7 Å². The molecule has 4 rings (SSSR count). The number of hydrogen-bond donors (Lipinski definition) is 0. The van der Waals surface area contributed by atoms with Crippen LogP contribution in [0.1, 0.15) is 20.7 Å². The maximum Gasteiger partial charge on any atom is 0.255 e. The summed E-state index contributed by atoms with van der Waals surface area (Å²) in [6, 6.07) is 15.6. The van der Waals surface area contributed by atoms with Gasteiger partial charge in [0.05, 0.1) is 13.0 Å². The van der Waals surface area contributed by atoms with Gasteiger partial charge >= 0.3 is 0 Å². The van der Waals surface area contributed by atoms with Crippen LogP contribution in [0.15, 0.2) is 54.6 Å². The third-order valence-electron chi connectivity index (χ3n) is 5.66. The van der Waals surface area contributed by atoms with Crippen molar-refractivity contribution >= 4 is 29.5 Å². The molecule has 2 aromatic rings. The van der Waals surface area contributed by atoms with Crippen molar-refractivity contribution < 1.29 is 19.1 Å². The molecule has 0 saturated carbocycles. The van der Waals surface area contributed by atoms with Gasteiger partial charge in [0.25, 0.3) is 11.8 Å². The summed E-state index contributed by atoms with van der Waals surface area (Å²) in [5.74, 6) is 1.62. The van der Waals surface area contributed by atoms with E-state index < -0.39 is 6.04 Å². The Balaban J connectivity index is 1.36. The lowest BCUT2D eigenvalue weighted by Gasteiger charge is -2.37. The highest BCUT2D eigenvalue weighted by Crippen LogP contribution is 2.25. The van der Waals surface area contributed by atoms with Crippen LogP contribution in [0.5, 0.6) is 5.75 Å². The van der Waals surface area contributed by atoms with Gasteiger partial charge in [-0.1, -0.05) is 18.2 Å². The first-order chi connectivity index (χ1) is 15.1. The molecule has 162 valence electrons. The van der Waals surface area contributed by atoms with Gasteiger partial charge in [0, 0.05) is 43.1 Å². The van der Waals surface area contributed by atoms with E-state index in [2.05, 4.69) is 0 Å². The average molecular weight is 440 g/mol. The zero-order valence-corrected chi connectivity index (χ0v) is 18.2. The summed E-state index contributed by atoms with van der Waals surface area (Å²) >= 11 is 1.59. The van der Waals surface area contributed by atoms with Gasteiger partial charge in [-0.2, -0.15) is 0 Å². The van der Waals surface area contributed by atoms with Gasteiger partial charge in [-0.25, -0.2) is 0 Å². The minimum Gasteiger partial charge on any atom is -0.497 e. The summed E-state index contributed by atoms with van der Waals surface area (Å²) in [7, 11) is 1.59. The van der Waals surface area contributed by atoms with Crippen molar-refractivity contribution in [2.75, 3.05) is 44.9 Å². The van der Waals surface area contributed by atoms with E-state index in [0.717, 1.165) is 0 Å². The van der Waals surface area contributed by atoms with E-state index in [4.69, 9.17) is 4.74 Å². The molecule has 31 heavy (non-hydrogen) atoms. The second-order valence-corrected chi connectivity index (χ2v) is 8.50. The van der Waals surface area contributed by atoms with Crippen molar-refractivity contribution in [2.45, 2.75) is 6.04 Å². The first-order valence-corrected chi connectivity index (χ1v) is 11.4. The van der Waals surface area contributed by atoms with E-state index in [9.17, 15) is 14.4 Å². The Hall–Kier alpha value is -3.00. The number of hydrogen-bond acceptors (Lipinski definition) is 5. The van der Waals surface area contributed by atoms with Crippen LogP contribution in [0.3, 0.4) is 0 Å². The van der Waals surface area contributed by atoms with Crippen molar-refractivity contribution in [3.8, 4) is 5.75 Å². The molecule has 0 unspecified atom stereocenters. The summed E-state index contributed by atoms with van der Waals surface area (Å²) in [5.41, 5.74) is 1.20. The summed E-state index contributed by atoms with van der Waals surface area (Å²) in [4.78, 5) is 44.0. The van der Waals surface area contributed by atoms with Crippen LogP contribution in [-0.2, 0) is 4.79 Å². The van der Waals surface area contributed by atoms with E-state index >= 15 is 0 Å². The Morgan fingerprint density at radius 3 is 2.10 bits per heavy atom. The first-order valence-electron chi connectivity index (χ1n) is 10.2. The fraction of sp³-hybridized carbons (Fsp3) is 0.348. The molecular formula is C23H25N3O4S. The second-order valence-electron chi connectivity index (χ2n) is 7.50. The SMILES string of the molecule is COc1ccc(C(=O)N2CCN(C(=O)[C@@H]3CSCN3C(=O)c3ccccc3)CC2)cc1. The molecule has 0 bridgehead atoms. The van der Waals surface area contributed by atoms with Crippen molar-refractivity contribution in [3.63, 3.8) is 0 Å². The second kappa shape index (κ2) is 9.43. The van der Waals surface area contributed by atoms with E-state index in [1.807, 2.05) is 18.2 Å². The van der Waals surface area contributed by atoms with Crippen LogP contribution in [0.25, 0.3) is 0 Å². The van der Waals surface area contributed by atoms with E-state index in [-0.39, 0.29) is 17.7 Å². The molecule has 0 aliphatic carbocycles. The highest BCUT2D eigenvalue weighted by atomic mass is 32.2.